The number of nitrogens with zero attached hydrogens (tertiary/aromatic N) is 2. The average molecular weight is 534 g/mol. The molecule has 0 aromatic carbocycles. The maximum Gasteiger partial charge on any atom is 0.328 e. The number of rotatable bonds is 9. The van der Waals surface area contributed by atoms with Crippen LogP contribution in [0.1, 0.15) is 52.7 Å². The van der Waals surface area contributed by atoms with E-state index in [1.165, 1.54) is 7.11 Å². The predicted octanol–water partition coefficient (Wildman–Crippen LogP) is 4.35. The Bertz CT molecular complexity index is 792. The van der Waals surface area contributed by atoms with Crippen molar-refractivity contribution in [2.45, 2.75) is 77.2 Å². The van der Waals surface area contributed by atoms with E-state index < -0.39 is 26.2 Å². The van der Waals surface area contributed by atoms with Crippen LogP contribution in [0.3, 0.4) is 0 Å². The number of alkyl halides is 1. The topological polar surface area (TPSA) is 91.1 Å². The Morgan fingerprint density at radius 1 is 1.34 bits per heavy atom. The molecule has 32 heavy (non-hydrogen) atoms. The number of halogens is 1. The van der Waals surface area contributed by atoms with Gasteiger partial charge in [-0.15, -0.1) is 0 Å². The average Bonchev–Trinajstić information content (AvgIpc) is 3.31. The Kier molecular flexibility index (Phi) is 8.97. The molecule has 0 bridgehead atoms. The van der Waals surface area contributed by atoms with Gasteiger partial charge in [-0.05, 0) is 29.2 Å². The van der Waals surface area contributed by atoms with Gasteiger partial charge in [-0.3, -0.25) is 4.79 Å². The van der Waals surface area contributed by atoms with Gasteiger partial charge < -0.3 is 23.3 Å². The standard InChI is InChI=1S/C22H37BrN2O6Si/c1-14(2)19(17-12-18(24-30-17)29-10-9-23)20(26)25-13-15(11-16(25)21(27)28-6)31-32(7,8)22(3,4)5/h12,14-16,19H,9-11,13H2,1-8H3/t15?,16-,19+/m0/s1. The Morgan fingerprint density at radius 3 is 2.53 bits per heavy atom. The van der Waals surface area contributed by atoms with E-state index in [4.69, 9.17) is 18.4 Å². The molecule has 1 unspecified atom stereocenters. The third-order valence-corrected chi connectivity index (χ3v) is 11.2. The first-order valence-corrected chi connectivity index (χ1v) is 15.1. The van der Waals surface area contributed by atoms with Gasteiger partial charge in [0.15, 0.2) is 14.1 Å². The number of likely N-dealkylation sites (tertiary alicyclic amines) is 1. The summed E-state index contributed by atoms with van der Waals surface area (Å²) in [5.41, 5.74) is 0. The SMILES string of the molecule is COC(=O)[C@@H]1CC(O[Si](C)(C)C(C)(C)C)CN1C(=O)[C@@H](c1cc(OCCBr)no1)C(C)C. The number of amides is 1. The predicted molar refractivity (Wildman–Crippen MR) is 128 cm³/mol. The molecular weight excluding hydrogens is 496 g/mol. The smallest absolute Gasteiger partial charge is 0.328 e. The lowest BCUT2D eigenvalue weighted by Crippen LogP contribution is -2.46. The van der Waals surface area contributed by atoms with Crippen molar-refractivity contribution in [3.05, 3.63) is 11.8 Å². The van der Waals surface area contributed by atoms with Gasteiger partial charge in [-0.2, -0.15) is 0 Å². The lowest BCUT2D eigenvalue weighted by molar-refractivity contribution is -0.152. The number of hydrogen-bond donors (Lipinski definition) is 0. The van der Waals surface area contributed by atoms with Gasteiger partial charge >= 0.3 is 5.97 Å². The molecule has 1 aliphatic rings. The summed E-state index contributed by atoms with van der Waals surface area (Å²) in [6.07, 6.45) is 0.204. The van der Waals surface area contributed by atoms with Gasteiger partial charge in [-0.1, -0.05) is 50.5 Å². The van der Waals surface area contributed by atoms with Gasteiger partial charge in [0.05, 0.1) is 19.8 Å². The highest BCUT2D eigenvalue weighted by molar-refractivity contribution is 9.09. The highest BCUT2D eigenvalue weighted by atomic mass is 79.9. The van der Waals surface area contributed by atoms with Crippen molar-refractivity contribution < 1.29 is 28.0 Å². The Morgan fingerprint density at radius 2 is 2.00 bits per heavy atom. The Labute approximate surface area is 200 Å². The zero-order chi connectivity index (χ0) is 24.3. The molecule has 0 spiro atoms. The van der Waals surface area contributed by atoms with E-state index in [2.05, 4.69) is 55.0 Å². The summed E-state index contributed by atoms with van der Waals surface area (Å²) in [5, 5.41) is 4.61. The lowest BCUT2D eigenvalue weighted by atomic mass is 9.91. The molecule has 2 rings (SSSR count). The molecule has 0 N–H and O–H groups in total. The van der Waals surface area contributed by atoms with Crippen molar-refractivity contribution >= 4 is 36.1 Å². The molecule has 1 fully saturated rings. The second-order valence-electron chi connectivity index (χ2n) is 10.1. The van der Waals surface area contributed by atoms with E-state index in [-0.39, 0.29) is 23.0 Å². The van der Waals surface area contributed by atoms with E-state index in [0.29, 0.717) is 36.5 Å². The second kappa shape index (κ2) is 10.7. The summed E-state index contributed by atoms with van der Waals surface area (Å²) < 4.78 is 22.5. The van der Waals surface area contributed by atoms with Crippen LogP contribution in [-0.4, -0.2) is 68.0 Å². The maximum atomic E-state index is 13.7. The van der Waals surface area contributed by atoms with E-state index in [0.717, 1.165) is 0 Å². The molecule has 1 aromatic rings. The van der Waals surface area contributed by atoms with Crippen LogP contribution in [0.15, 0.2) is 10.6 Å². The molecule has 1 aromatic heterocycles. The Balaban J connectivity index is 2.28. The molecule has 1 amide bonds. The molecule has 0 aliphatic carbocycles. The number of carbonyl (C=O) groups excluding carboxylic acids is 2. The van der Waals surface area contributed by atoms with Gasteiger partial charge in [0.2, 0.25) is 5.91 Å². The minimum absolute atomic E-state index is 0.0248. The van der Waals surface area contributed by atoms with Gasteiger partial charge in [-0.25, -0.2) is 4.79 Å². The van der Waals surface area contributed by atoms with Crippen molar-refractivity contribution in [2.24, 2.45) is 5.92 Å². The summed E-state index contributed by atoms with van der Waals surface area (Å²) in [6.45, 7) is 15.5. The van der Waals surface area contributed by atoms with Crippen molar-refractivity contribution in [2.75, 3.05) is 25.6 Å². The summed E-state index contributed by atoms with van der Waals surface area (Å²) in [6, 6.07) is 0.966. The number of ether oxygens (including phenoxy) is 2. The van der Waals surface area contributed by atoms with Crippen molar-refractivity contribution in [3.8, 4) is 5.88 Å². The largest absolute Gasteiger partial charge is 0.475 e. The lowest BCUT2D eigenvalue weighted by Gasteiger charge is -2.38. The van der Waals surface area contributed by atoms with Crippen molar-refractivity contribution in [1.82, 2.24) is 10.1 Å². The van der Waals surface area contributed by atoms with Crippen LogP contribution < -0.4 is 4.74 Å². The van der Waals surface area contributed by atoms with Crippen LogP contribution in [-0.2, 0) is 18.8 Å². The number of carbonyl (C=O) groups is 2. The number of hydrogen-bond acceptors (Lipinski definition) is 7. The van der Waals surface area contributed by atoms with Crippen LogP contribution in [0, 0.1) is 5.92 Å². The third-order valence-electron chi connectivity index (χ3n) is 6.36. The monoisotopic (exact) mass is 532 g/mol. The van der Waals surface area contributed by atoms with E-state index >= 15 is 0 Å². The molecule has 8 nitrogen and oxygen atoms in total. The molecule has 10 heteroatoms. The fraction of sp³-hybridized carbons (Fsp3) is 0.773. The summed E-state index contributed by atoms with van der Waals surface area (Å²) >= 11 is 3.30. The minimum atomic E-state index is -2.07. The van der Waals surface area contributed by atoms with Crippen LogP contribution in [0.5, 0.6) is 5.88 Å². The van der Waals surface area contributed by atoms with Crippen LogP contribution in [0.25, 0.3) is 0 Å². The van der Waals surface area contributed by atoms with Crippen molar-refractivity contribution in [3.63, 3.8) is 0 Å². The van der Waals surface area contributed by atoms with Gasteiger partial charge in [0.25, 0.3) is 5.88 Å². The fourth-order valence-corrected chi connectivity index (χ4v) is 5.14. The van der Waals surface area contributed by atoms with Gasteiger partial charge in [0.1, 0.15) is 12.0 Å². The summed E-state index contributed by atoms with van der Waals surface area (Å²) in [4.78, 5) is 27.8. The number of aromatic nitrogens is 1. The summed E-state index contributed by atoms with van der Waals surface area (Å²) in [7, 11) is -0.726. The molecule has 1 saturated heterocycles. The quantitative estimate of drug-likeness (QED) is 0.265. The van der Waals surface area contributed by atoms with Crippen LogP contribution >= 0.6 is 15.9 Å². The molecule has 1 aliphatic heterocycles. The Hall–Kier alpha value is -1.39. The number of esters is 1. The molecule has 2 heterocycles. The summed E-state index contributed by atoms with van der Waals surface area (Å²) in [5.74, 6) is -0.531. The second-order valence-corrected chi connectivity index (χ2v) is 15.6. The highest BCUT2D eigenvalue weighted by Gasteiger charge is 2.47. The first-order chi connectivity index (χ1) is 14.8. The fourth-order valence-electron chi connectivity index (χ4n) is 3.62. The zero-order valence-corrected chi connectivity index (χ0v) is 23.0. The van der Waals surface area contributed by atoms with E-state index in [9.17, 15) is 9.59 Å². The van der Waals surface area contributed by atoms with Crippen molar-refractivity contribution in [1.29, 1.82) is 0 Å². The zero-order valence-electron chi connectivity index (χ0n) is 20.4. The van der Waals surface area contributed by atoms with Crippen LogP contribution in [0.4, 0.5) is 0 Å². The molecule has 182 valence electrons. The molecule has 0 radical (unpaired) electrons. The molecular formula is C22H37BrN2O6Si. The van der Waals surface area contributed by atoms with Crippen LogP contribution in [0.2, 0.25) is 18.1 Å². The normalized spacial score (nSPS) is 20.5. The molecule has 3 atom stereocenters. The van der Waals surface area contributed by atoms with Gasteiger partial charge in [0, 0.05) is 24.4 Å². The van der Waals surface area contributed by atoms with E-state index in [1.807, 2.05) is 13.8 Å². The molecule has 0 saturated carbocycles. The highest BCUT2D eigenvalue weighted by Crippen LogP contribution is 2.40. The first-order valence-electron chi connectivity index (χ1n) is 11.0. The number of methoxy groups -OCH3 is 1. The first kappa shape index (κ1) is 26.9. The third kappa shape index (κ3) is 6.14. The van der Waals surface area contributed by atoms with E-state index in [1.54, 1.807) is 11.0 Å². The minimum Gasteiger partial charge on any atom is -0.475 e. The maximum absolute atomic E-state index is 13.7.